The molecule has 0 spiro atoms. The van der Waals surface area contributed by atoms with Gasteiger partial charge in [-0.1, -0.05) is 6.07 Å². The molecule has 0 N–H and O–H groups in total. The number of piperidine rings is 1. The lowest BCUT2D eigenvalue weighted by molar-refractivity contribution is -0.157. The number of alkyl halides is 3. The number of rotatable bonds is 3. The summed E-state index contributed by atoms with van der Waals surface area (Å²) in [5, 5.41) is 6.63. The molecule has 0 aliphatic carbocycles. The molecule has 0 atom stereocenters. The van der Waals surface area contributed by atoms with Crippen molar-refractivity contribution in [3.05, 3.63) is 41.9 Å². The summed E-state index contributed by atoms with van der Waals surface area (Å²) >= 11 is 0. The second-order valence-electron chi connectivity index (χ2n) is 5.31. The number of hydrogen-bond acceptors (Lipinski definition) is 5. The Morgan fingerprint density at radius 3 is 2.55 bits per heavy atom. The van der Waals surface area contributed by atoms with Crippen LogP contribution in [0.4, 0.5) is 13.2 Å². The van der Waals surface area contributed by atoms with Crippen molar-refractivity contribution in [3.8, 4) is 0 Å². The van der Waals surface area contributed by atoms with Crippen molar-refractivity contribution in [1.82, 2.24) is 20.1 Å². The molecule has 0 aromatic carbocycles. The Hall–Kier alpha value is -1.96. The van der Waals surface area contributed by atoms with Crippen LogP contribution >= 0.6 is 0 Å². The zero-order valence-corrected chi connectivity index (χ0v) is 11.8. The van der Waals surface area contributed by atoms with Gasteiger partial charge in [0, 0.05) is 18.7 Å². The summed E-state index contributed by atoms with van der Waals surface area (Å²) < 4.78 is 42.1. The van der Waals surface area contributed by atoms with Crippen molar-refractivity contribution in [1.29, 1.82) is 0 Å². The van der Waals surface area contributed by atoms with Gasteiger partial charge in [-0.15, -0.1) is 10.2 Å². The van der Waals surface area contributed by atoms with E-state index in [2.05, 4.69) is 20.1 Å². The Balaban J connectivity index is 1.56. The third-order valence-corrected chi connectivity index (χ3v) is 3.73. The summed E-state index contributed by atoms with van der Waals surface area (Å²) in [5.41, 5.74) is 0.984. The molecule has 8 heteroatoms. The van der Waals surface area contributed by atoms with E-state index < -0.39 is 12.1 Å². The largest absolute Gasteiger partial charge is 0.470 e. The Labute approximate surface area is 125 Å². The van der Waals surface area contributed by atoms with Crippen LogP contribution in [0.3, 0.4) is 0 Å². The van der Waals surface area contributed by atoms with Crippen molar-refractivity contribution in [2.45, 2.75) is 31.5 Å². The Morgan fingerprint density at radius 1 is 1.18 bits per heavy atom. The topological polar surface area (TPSA) is 55.1 Å². The fourth-order valence-corrected chi connectivity index (χ4v) is 2.57. The minimum Gasteiger partial charge on any atom is -0.417 e. The second kappa shape index (κ2) is 6.04. The molecule has 0 unspecified atom stereocenters. The number of likely N-dealkylation sites (tertiary alicyclic amines) is 1. The first kappa shape index (κ1) is 15.0. The van der Waals surface area contributed by atoms with E-state index in [9.17, 15) is 13.2 Å². The monoisotopic (exact) mass is 312 g/mol. The fraction of sp³-hybridized carbons (Fsp3) is 0.500. The number of nitrogens with zero attached hydrogens (tertiary/aromatic N) is 4. The molecule has 5 nitrogen and oxygen atoms in total. The van der Waals surface area contributed by atoms with Gasteiger partial charge in [0.05, 0.1) is 5.69 Å². The molecule has 1 aliphatic heterocycles. The summed E-state index contributed by atoms with van der Waals surface area (Å²) in [6.07, 6.45) is -1.43. The molecule has 0 radical (unpaired) electrons. The van der Waals surface area contributed by atoms with Crippen LogP contribution in [0.5, 0.6) is 0 Å². The molecule has 0 bridgehead atoms. The highest BCUT2D eigenvalue weighted by Crippen LogP contribution is 2.32. The second-order valence-corrected chi connectivity index (χ2v) is 5.31. The maximum atomic E-state index is 12.5. The van der Waals surface area contributed by atoms with Gasteiger partial charge in [0.25, 0.3) is 0 Å². The molecule has 3 heterocycles. The molecule has 3 rings (SSSR count). The molecule has 1 aliphatic rings. The average molecular weight is 312 g/mol. The smallest absolute Gasteiger partial charge is 0.417 e. The zero-order chi connectivity index (χ0) is 15.6. The van der Waals surface area contributed by atoms with Gasteiger partial charge in [-0.2, -0.15) is 13.2 Å². The molecule has 2 aromatic heterocycles. The molecular formula is C14H15F3N4O. The molecular weight excluding hydrogens is 297 g/mol. The van der Waals surface area contributed by atoms with Crippen molar-refractivity contribution in [2.75, 3.05) is 13.1 Å². The quantitative estimate of drug-likeness (QED) is 0.872. The van der Waals surface area contributed by atoms with Crippen LogP contribution in [-0.2, 0) is 12.7 Å². The molecule has 1 fully saturated rings. The first-order valence-corrected chi connectivity index (χ1v) is 7.05. The zero-order valence-electron chi connectivity index (χ0n) is 11.8. The van der Waals surface area contributed by atoms with Crippen molar-refractivity contribution < 1.29 is 17.6 Å². The Morgan fingerprint density at radius 2 is 1.95 bits per heavy atom. The van der Waals surface area contributed by atoms with Crippen LogP contribution in [0, 0.1) is 0 Å². The summed E-state index contributed by atoms with van der Waals surface area (Å²) in [4.78, 5) is 6.49. The first-order valence-electron chi connectivity index (χ1n) is 7.05. The number of aromatic nitrogens is 3. The first-order chi connectivity index (χ1) is 10.5. The van der Waals surface area contributed by atoms with Gasteiger partial charge < -0.3 is 4.42 Å². The molecule has 0 amide bonds. The predicted octanol–water partition coefficient (Wildman–Crippen LogP) is 2.86. The van der Waals surface area contributed by atoms with Crippen LogP contribution in [0.25, 0.3) is 0 Å². The third-order valence-electron chi connectivity index (χ3n) is 3.73. The Bertz CT molecular complexity index is 606. The molecule has 1 saturated heterocycles. The van der Waals surface area contributed by atoms with Crippen molar-refractivity contribution in [3.63, 3.8) is 0 Å². The van der Waals surface area contributed by atoms with Crippen LogP contribution in [0.15, 0.2) is 28.8 Å². The van der Waals surface area contributed by atoms with Crippen LogP contribution in [-0.4, -0.2) is 33.2 Å². The summed E-state index contributed by atoms with van der Waals surface area (Å²) in [7, 11) is 0. The highest BCUT2D eigenvalue weighted by atomic mass is 19.4. The fourth-order valence-electron chi connectivity index (χ4n) is 2.57. The van der Waals surface area contributed by atoms with Gasteiger partial charge in [0.2, 0.25) is 5.89 Å². The van der Waals surface area contributed by atoms with Gasteiger partial charge in [-0.3, -0.25) is 9.88 Å². The van der Waals surface area contributed by atoms with Crippen molar-refractivity contribution in [2.24, 2.45) is 0 Å². The maximum Gasteiger partial charge on any atom is 0.470 e. The van der Waals surface area contributed by atoms with Gasteiger partial charge in [-0.25, -0.2) is 0 Å². The molecule has 2 aromatic rings. The summed E-state index contributed by atoms with van der Waals surface area (Å²) in [6, 6.07) is 5.76. The van der Waals surface area contributed by atoms with Gasteiger partial charge >= 0.3 is 12.1 Å². The number of halogens is 3. The van der Waals surface area contributed by atoms with Gasteiger partial charge in [-0.05, 0) is 38.1 Å². The lowest BCUT2D eigenvalue weighted by Gasteiger charge is -2.29. The number of hydrogen-bond donors (Lipinski definition) is 0. The van der Waals surface area contributed by atoms with Gasteiger partial charge in [0.15, 0.2) is 0 Å². The van der Waals surface area contributed by atoms with E-state index in [-0.39, 0.29) is 11.8 Å². The van der Waals surface area contributed by atoms with E-state index in [1.807, 2.05) is 18.2 Å². The van der Waals surface area contributed by atoms with Gasteiger partial charge in [0.1, 0.15) is 0 Å². The maximum absolute atomic E-state index is 12.5. The standard InChI is InChI=1S/C14H15F3N4O/c15-14(16,17)13-20-19-12(22-13)10-4-7-21(8-5-10)9-11-3-1-2-6-18-11/h1-3,6,10H,4-5,7-9H2. The SMILES string of the molecule is FC(F)(F)c1nnc(C2CCN(Cc3ccccn3)CC2)o1. The van der Waals surface area contributed by atoms with E-state index in [1.54, 1.807) is 6.20 Å². The molecule has 0 saturated carbocycles. The highest BCUT2D eigenvalue weighted by Gasteiger charge is 2.39. The van der Waals surface area contributed by atoms with Crippen LogP contribution in [0.2, 0.25) is 0 Å². The third kappa shape index (κ3) is 3.44. The molecule has 22 heavy (non-hydrogen) atoms. The lowest BCUT2D eigenvalue weighted by atomic mass is 9.97. The predicted molar refractivity (Wildman–Crippen MR) is 70.8 cm³/mol. The van der Waals surface area contributed by atoms with E-state index >= 15 is 0 Å². The molecule has 118 valence electrons. The highest BCUT2D eigenvalue weighted by molar-refractivity contribution is 5.04. The van der Waals surface area contributed by atoms with E-state index in [1.165, 1.54) is 0 Å². The summed E-state index contributed by atoms with van der Waals surface area (Å²) in [6.45, 7) is 2.28. The lowest BCUT2D eigenvalue weighted by Crippen LogP contribution is -2.32. The number of pyridine rings is 1. The van der Waals surface area contributed by atoms with E-state index in [4.69, 9.17) is 4.42 Å². The van der Waals surface area contributed by atoms with Crippen LogP contribution in [0.1, 0.15) is 36.2 Å². The average Bonchev–Trinajstić information content (AvgIpc) is 2.99. The van der Waals surface area contributed by atoms with Crippen LogP contribution < -0.4 is 0 Å². The normalized spacial score (nSPS) is 17.8. The Kier molecular flexibility index (Phi) is 4.10. The van der Waals surface area contributed by atoms with E-state index in [0.29, 0.717) is 12.8 Å². The van der Waals surface area contributed by atoms with Crippen molar-refractivity contribution >= 4 is 0 Å². The minimum atomic E-state index is -4.58. The summed E-state index contributed by atoms with van der Waals surface area (Å²) in [5.74, 6) is -1.29. The van der Waals surface area contributed by atoms with E-state index in [0.717, 1.165) is 25.3 Å². The minimum absolute atomic E-state index is 0.0878.